The average Bonchev–Trinajstić information content (AvgIpc) is 2.88. The molecule has 1 aliphatic rings. The van der Waals surface area contributed by atoms with Crippen molar-refractivity contribution < 1.29 is 14.3 Å². The highest BCUT2D eigenvalue weighted by atomic mass is 32.1. The molecule has 0 spiro atoms. The fourth-order valence-electron chi connectivity index (χ4n) is 2.15. The highest BCUT2D eigenvalue weighted by molar-refractivity contribution is 7.10. The number of thiophene rings is 1. The van der Waals surface area contributed by atoms with Gasteiger partial charge in [0.15, 0.2) is 11.5 Å². The van der Waals surface area contributed by atoms with Crippen molar-refractivity contribution in [1.82, 2.24) is 5.32 Å². The van der Waals surface area contributed by atoms with Crippen LogP contribution in [0.15, 0.2) is 35.7 Å². The van der Waals surface area contributed by atoms with Crippen LogP contribution >= 0.6 is 11.3 Å². The molecule has 4 nitrogen and oxygen atoms in total. The predicted molar refractivity (Wildman–Crippen MR) is 81.9 cm³/mol. The minimum absolute atomic E-state index is 0.0320. The number of carbonyl (C=O) groups excluding carboxylic acids is 1. The minimum Gasteiger partial charge on any atom is -0.490 e. The molecule has 1 N–H and O–H groups in total. The third-order valence-corrected chi connectivity index (χ3v) is 4.09. The number of ether oxygens (including phenoxy) is 2. The van der Waals surface area contributed by atoms with E-state index in [0.717, 1.165) is 28.4 Å². The summed E-state index contributed by atoms with van der Waals surface area (Å²) in [6, 6.07) is 9.72. The standard InChI is InChI=1S/C16H17NO3S/c18-16(10-13-3-1-8-21-13)17-11-12-4-5-14-15(9-12)20-7-2-6-19-14/h1,3-5,8-9H,2,6-7,10-11H2,(H,17,18). The summed E-state index contributed by atoms with van der Waals surface area (Å²) in [6.45, 7) is 1.85. The van der Waals surface area contributed by atoms with Crippen LogP contribution in [-0.2, 0) is 17.8 Å². The molecule has 0 saturated carbocycles. The van der Waals surface area contributed by atoms with E-state index < -0.39 is 0 Å². The molecular formula is C16H17NO3S. The molecule has 0 fully saturated rings. The normalized spacial score (nSPS) is 13.5. The monoisotopic (exact) mass is 303 g/mol. The smallest absolute Gasteiger partial charge is 0.225 e. The first kappa shape index (κ1) is 13.9. The summed E-state index contributed by atoms with van der Waals surface area (Å²) in [5.41, 5.74) is 1.01. The molecule has 1 aromatic carbocycles. The lowest BCUT2D eigenvalue weighted by atomic mass is 10.2. The number of carbonyl (C=O) groups is 1. The number of amides is 1. The van der Waals surface area contributed by atoms with E-state index >= 15 is 0 Å². The molecule has 2 heterocycles. The Morgan fingerprint density at radius 2 is 2.05 bits per heavy atom. The number of nitrogens with one attached hydrogen (secondary N) is 1. The quantitative estimate of drug-likeness (QED) is 0.945. The van der Waals surface area contributed by atoms with Crippen LogP contribution in [0.3, 0.4) is 0 Å². The van der Waals surface area contributed by atoms with E-state index in [1.54, 1.807) is 11.3 Å². The van der Waals surface area contributed by atoms with Crippen LogP contribution in [0.25, 0.3) is 0 Å². The van der Waals surface area contributed by atoms with Crippen LogP contribution < -0.4 is 14.8 Å². The van der Waals surface area contributed by atoms with Crippen molar-refractivity contribution in [3.05, 3.63) is 46.2 Å². The lowest BCUT2D eigenvalue weighted by Crippen LogP contribution is -2.24. The van der Waals surface area contributed by atoms with Crippen molar-refractivity contribution in [3.63, 3.8) is 0 Å². The Morgan fingerprint density at radius 1 is 1.19 bits per heavy atom. The van der Waals surface area contributed by atoms with Gasteiger partial charge in [0.2, 0.25) is 5.91 Å². The molecule has 0 aliphatic carbocycles. The van der Waals surface area contributed by atoms with E-state index in [1.807, 2.05) is 35.7 Å². The maximum Gasteiger partial charge on any atom is 0.225 e. The Kier molecular flexibility index (Phi) is 4.40. The van der Waals surface area contributed by atoms with Crippen LogP contribution in [0.1, 0.15) is 16.9 Å². The van der Waals surface area contributed by atoms with E-state index in [1.165, 1.54) is 0 Å². The fraction of sp³-hybridized carbons (Fsp3) is 0.312. The second-order valence-electron chi connectivity index (χ2n) is 4.86. The average molecular weight is 303 g/mol. The summed E-state index contributed by atoms with van der Waals surface area (Å²) in [6.07, 6.45) is 1.32. The molecular weight excluding hydrogens is 286 g/mol. The van der Waals surface area contributed by atoms with Crippen molar-refractivity contribution in [2.45, 2.75) is 19.4 Å². The van der Waals surface area contributed by atoms with Crippen LogP contribution in [0.4, 0.5) is 0 Å². The van der Waals surface area contributed by atoms with Crippen molar-refractivity contribution in [3.8, 4) is 11.5 Å². The summed E-state index contributed by atoms with van der Waals surface area (Å²) < 4.78 is 11.2. The van der Waals surface area contributed by atoms with Gasteiger partial charge in [-0.1, -0.05) is 12.1 Å². The van der Waals surface area contributed by atoms with Crippen molar-refractivity contribution in [2.24, 2.45) is 0 Å². The molecule has 1 aromatic heterocycles. The number of hydrogen-bond donors (Lipinski definition) is 1. The number of benzene rings is 1. The van der Waals surface area contributed by atoms with Gasteiger partial charge >= 0.3 is 0 Å². The molecule has 110 valence electrons. The Balaban J connectivity index is 1.58. The van der Waals surface area contributed by atoms with E-state index in [9.17, 15) is 4.79 Å². The van der Waals surface area contributed by atoms with E-state index in [-0.39, 0.29) is 5.91 Å². The molecule has 0 unspecified atom stereocenters. The Bertz CT molecular complexity index is 610. The summed E-state index contributed by atoms with van der Waals surface area (Å²) in [5, 5.41) is 4.91. The third kappa shape index (κ3) is 3.76. The zero-order chi connectivity index (χ0) is 14.5. The molecule has 21 heavy (non-hydrogen) atoms. The van der Waals surface area contributed by atoms with Gasteiger partial charge < -0.3 is 14.8 Å². The first-order valence-corrected chi connectivity index (χ1v) is 7.87. The Morgan fingerprint density at radius 3 is 2.86 bits per heavy atom. The van der Waals surface area contributed by atoms with E-state index in [2.05, 4.69) is 5.32 Å². The summed E-state index contributed by atoms with van der Waals surface area (Å²) >= 11 is 1.60. The largest absolute Gasteiger partial charge is 0.490 e. The summed E-state index contributed by atoms with van der Waals surface area (Å²) in [4.78, 5) is 12.9. The second kappa shape index (κ2) is 6.63. The van der Waals surface area contributed by atoms with Crippen LogP contribution in [0.5, 0.6) is 11.5 Å². The Labute approximate surface area is 127 Å². The predicted octanol–water partition coefficient (Wildman–Crippen LogP) is 2.77. The maximum absolute atomic E-state index is 11.9. The minimum atomic E-state index is 0.0320. The van der Waals surface area contributed by atoms with Gasteiger partial charge in [-0.25, -0.2) is 0 Å². The third-order valence-electron chi connectivity index (χ3n) is 3.22. The van der Waals surface area contributed by atoms with Gasteiger partial charge in [0.05, 0.1) is 19.6 Å². The summed E-state index contributed by atoms with van der Waals surface area (Å²) in [5.74, 6) is 1.57. The van der Waals surface area contributed by atoms with Gasteiger partial charge in [-0.05, 0) is 29.1 Å². The highest BCUT2D eigenvalue weighted by Crippen LogP contribution is 2.30. The molecule has 3 rings (SSSR count). The number of fused-ring (bicyclic) bond motifs is 1. The first-order valence-electron chi connectivity index (χ1n) is 6.99. The van der Waals surface area contributed by atoms with Crippen LogP contribution in [0.2, 0.25) is 0 Å². The molecule has 0 saturated heterocycles. The van der Waals surface area contributed by atoms with Gasteiger partial charge in [0, 0.05) is 17.8 Å². The Hall–Kier alpha value is -2.01. The summed E-state index contributed by atoms with van der Waals surface area (Å²) in [7, 11) is 0. The topological polar surface area (TPSA) is 47.6 Å². The molecule has 0 radical (unpaired) electrons. The highest BCUT2D eigenvalue weighted by Gasteiger charge is 2.11. The number of hydrogen-bond acceptors (Lipinski definition) is 4. The van der Waals surface area contributed by atoms with Gasteiger partial charge in [-0.15, -0.1) is 11.3 Å². The molecule has 0 bridgehead atoms. The van der Waals surface area contributed by atoms with E-state index in [4.69, 9.17) is 9.47 Å². The van der Waals surface area contributed by atoms with Crippen LogP contribution in [-0.4, -0.2) is 19.1 Å². The van der Waals surface area contributed by atoms with Crippen molar-refractivity contribution in [2.75, 3.05) is 13.2 Å². The van der Waals surface area contributed by atoms with Crippen molar-refractivity contribution in [1.29, 1.82) is 0 Å². The fourth-order valence-corrected chi connectivity index (χ4v) is 2.86. The molecule has 5 heteroatoms. The van der Waals surface area contributed by atoms with E-state index in [0.29, 0.717) is 26.2 Å². The molecule has 1 amide bonds. The molecule has 1 aliphatic heterocycles. The van der Waals surface area contributed by atoms with Crippen molar-refractivity contribution >= 4 is 17.2 Å². The second-order valence-corrected chi connectivity index (χ2v) is 5.90. The lowest BCUT2D eigenvalue weighted by Gasteiger charge is -2.10. The SMILES string of the molecule is O=C(Cc1cccs1)NCc1ccc2c(c1)OCCCO2. The number of rotatable bonds is 4. The molecule has 2 aromatic rings. The van der Waals surface area contributed by atoms with Gasteiger partial charge in [0.25, 0.3) is 0 Å². The van der Waals surface area contributed by atoms with Crippen LogP contribution in [0, 0.1) is 0 Å². The first-order chi connectivity index (χ1) is 10.3. The van der Waals surface area contributed by atoms with Gasteiger partial charge in [-0.2, -0.15) is 0 Å². The maximum atomic E-state index is 11.9. The van der Waals surface area contributed by atoms with Gasteiger partial charge in [0.1, 0.15) is 0 Å². The zero-order valence-electron chi connectivity index (χ0n) is 11.6. The molecule has 0 atom stereocenters. The lowest BCUT2D eigenvalue weighted by molar-refractivity contribution is -0.120. The van der Waals surface area contributed by atoms with Gasteiger partial charge in [-0.3, -0.25) is 4.79 Å². The zero-order valence-corrected chi connectivity index (χ0v) is 12.4.